The molecule has 1 aromatic carbocycles. The van der Waals surface area contributed by atoms with Crippen molar-refractivity contribution >= 4 is 5.91 Å². The third kappa shape index (κ3) is 6.47. The Balaban J connectivity index is 1.62. The van der Waals surface area contributed by atoms with Gasteiger partial charge in [-0.05, 0) is 32.1 Å². The van der Waals surface area contributed by atoms with Crippen LogP contribution in [0.2, 0.25) is 0 Å². The Morgan fingerprint density at radius 2 is 1.96 bits per heavy atom. The summed E-state index contributed by atoms with van der Waals surface area (Å²) in [5.41, 5.74) is 0. The average molecular weight is 335 g/mol. The van der Waals surface area contributed by atoms with E-state index in [0.29, 0.717) is 13.0 Å². The molecule has 134 valence electrons. The Morgan fingerprint density at radius 1 is 1.25 bits per heavy atom. The molecule has 0 aliphatic carbocycles. The van der Waals surface area contributed by atoms with Gasteiger partial charge in [-0.2, -0.15) is 0 Å². The predicted octanol–water partition coefficient (Wildman–Crippen LogP) is 0.570. The number of benzene rings is 1. The molecule has 0 spiro atoms. The molecule has 1 unspecified atom stereocenters. The highest BCUT2D eigenvalue weighted by atomic mass is 16.5. The van der Waals surface area contributed by atoms with Crippen LogP contribution in [0.3, 0.4) is 0 Å². The van der Waals surface area contributed by atoms with Crippen LogP contribution >= 0.6 is 0 Å². The van der Waals surface area contributed by atoms with Crippen LogP contribution in [0.15, 0.2) is 30.3 Å². The summed E-state index contributed by atoms with van der Waals surface area (Å²) in [4.78, 5) is 16.2. The number of para-hydroxylation sites is 1. The smallest absolute Gasteiger partial charge is 0.222 e. The number of ether oxygens (including phenoxy) is 1. The van der Waals surface area contributed by atoms with Crippen LogP contribution in [-0.4, -0.2) is 79.8 Å². The lowest BCUT2D eigenvalue weighted by atomic mass is 10.2. The van der Waals surface area contributed by atoms with E-state index in [1.165, 1.54) is 0 Å². The minimum atomic E-state index is -0.525. The largest absolute Gasteiger partial charge is 0.491 e. The zero-order valence-corrected chi connectivity index (χ0v) is 14.5. The number of hydrogen-bond acceptors (Lipinski definition) is 5. The number of hydrogen-bond donors (Lipinski definition) is 2. The zero-order valence-electron chi connectivity index (χ0n) is 14.5. The third-order valence-electron chi connectivity index (χ3n) is 4.20. The van der Waals surface area contributed by atoms with Crippen molar-refractivity contribution < 1.29 is 14.6 Å². The topological polar surface area (TPSA) is 65.0 Å². The van der Waals surface area contributed by atoms with E-state index in [0.717, 1.165) is 44.9 Å². The molecule has 0 saturated carbocycles. The summed E-state index contributed by atoms with van der Waals surface area (Å²) < 4.78 is 5.58. The van der Waals surface area contributed by atoms with Gasteiger partial charge in [-0.3, -0.25) is 9.69 Å². The summed E-state index contributed by atoms with van der Waals surface area (Å²) in [6.07, 6.45) is 0.961. The fourth-order valence-corrected chi connectivity index (χ4v) is 2.81. The summed E-state index contributed by atoms with van der Waals surface area (Å²) in [5, 5.41) is 13.2. The second-order valence-corrected chi connectivity index (χ2v) is 6.17. The van der Waals surface area contributed by atoms with E-state index in [1.807, 2.05) is 42.3 Å². The molecule has 1 saturated heterocycles. The molecule has 2 rings (SSSR count). The summed E-state index contributed by atoms with van der Waals surface area (Å²) in [5.74, 6) is 1.01. The highest BCUT2D eigenvalue weighted by Crippen LogP contribution is 2.10. The van der Waals surface area contributed by atoms with E-state index in [-0.39, 0.29) is 12.5 Å². The lowest BCUT2D eigenvalue weighted by molar-refractivity contribution is -0.133. The molecule has 24 heavy (non-hydrogen) atoms. The maximum atomic E-state index is 12.1. The Morgan fingerprint density at radius 3 is 2.62 bits per heavy atom. The van der Waals surface area contributed by atoms with Crippen LogP contribution in [0, 0.1) is 0 Å². The van der Waals surface area contributed by atoms with Crippen LogP contribution in [0.5, 0.6) is 5.75 Å². The molecular formula is C18H29N3O3. The first-order chi connectivity index (χ1) is 11.7. The van der Waals surface area contributed by atoms with Crippen molar-refractivity contribution in [3.05, 3.63) is 30.3 Å². The van der Waals surface area contributed by atoms with Gasteiger partial charge in [0.05, 0.1) is 0 Å². The Labute approximate surface area is 144 Å². The quantitative estimate of drug-likeness (QED) is 0.646. The van der Waals surface area contributed by atoms with Crippen molar-refractivity contribution in [1.82, 2.24) is 15.1 Å². The molecule has 1 heterocycles. The second-order valence-electron chi connectivity index (χ2n) is 6.17. The standard InChI is InChI=1S/C18H29N3O3/c1-19-9-5-8-18(23)21-12-10-20(11-13-21)14-16(22)15-24-17-6-3-2-4-7-17/h2-4,6-7,16,19,22H,5,8-15H2,1H3. The van der Waals surface area contributed by atoms with Gasteiger partial charge in [0.15, 0.2) is 0 Å². The molecule has 1 atom stereocenters. The van der Waals surface area contributed by atoms with Crippen molar-refractivity contribution in [2.75, 3.05) is 52.9 Å². The maximum absolute atomic E-state index is 12.1. The third-order valence-corrected chi connectivity index (χ3v) is 4.20. The molecule has 6 heteroatoms. The van der Waals surface area contributed by atoms with Crippen LogP contribution in [-0.2, 0) is 4.79 Å². The van der Waals surface area contributed by atoms with E-state index >= 15 is 0 Å². The molecular weight excluding hydrogens is 306 g/mol. The van der Waals surface area contributed by atoms with Gasteiger partial charge in [0, 0.05) is 39.1 Å². The van der Waals surface area contributed by atoms with E-state index in [4.69, 9.17) is 4.74 Å². The van der Waals surface area contributed by atoms with Gasteiger partial charge in [-0.25, -0.2) is 0 Å². The molecule has 0 bridgehead atoms. The van der Waals surface area contributed by atoms with Gasteiger partial charge in [0.2, 0.25) is 5.91 Å². The minimum absolute atomic E-state index is 0.234. The lowest BCUT2D eigenvalue weighted by Gasteiger charge is -2.35. The first-order valence-electron chi connectivity index (χ1n) is 8.69. The first-order valence-corrected chi connectivity index (χ1v) is 8.69. The minimum Gasteiger partial charge on any atom is -0.491 e. The van der Waals surface area contributed by atoms with Crippen molar-refractivity contribution in [3.63, 3.8) is 0 Å². The number of aliphatic hydroxyl groups is 1. The number of rotatable bonds is 9. The number of nitrogens with zero attached hydrogens (tertiary/aromatic N) is 2. The van der Waals surface area contributed by atoms with Crippen molar-refractivity contribution in [3.8, 4) is 5.75 Å². The van der Waals surface area contributed by atoms with E-state index in [1.54, 1.807) is 0 Å². The number of carbonyl (C=O) groups is 1. The molecule has 1 aliphatic rings. The van der Waals surface area contributed by atoms with Crippen LogP contribution in [0.4, 0.5) is 0 Å². The monoisotopic (exact) mass is 335 g/mol. The number of piperazine rings is 1. The van der Waals surface area contributed by atoms with Gasteiger partial charge < -0.3 is 20.1 Å². The molecule has 1 aliphatic heterocycles. The SMILES string of the molecule is CNCCCC(=O)N1CCN(CC(O)COc2ccccc2)CC1. The molecule has 1 aromatic rings. The average Bonchev–Trinajstić information content (AvgIpc) is 2.61. The molecule has 2 N–H and O–H groups in total. The van der Waals surface area contributed by atoms with Gasteiger partial charge in [0.25, 0.3) is 0 Å². The first kappa shape index (κ1) is 18.7. The molecule has 0 radical (unpaired) electrons. The summed E-state index contributed by atoms with van der Waals surface area (Å²) in [6, 6.07) is 9.52. The van der Waals surface area contributed by atoms with Gasteiger partial charge in [-0.1, -0.05) is 18.2 Å². The highest BCUT2D eigenvalue weighted by Gasteiger charge is 2.22. The van der Waals surface area contributed by atoms with E-state index in [9.17, 15) is 9.90 Å². The fraction of sp³-hybridized carbons (Fsp3) is 0.611. The Kier molecular flexibility index (Phi) is 8.01. The fourth-order valence-electron chi connectivity index (χ4n) is 2.81. The molecule has 1 fully saturated rings. The molecule has 6 nitrogen and oxygen atoms in total. The van der Waals surface area contributed by atoms with E-state index < -0.39 is 6.10 Å². The lowest BCUT2D eigenvalue weighted by Crippen LogP contribution is -2.51. The number of carbonyl (C=O) groups excluding carboxylic acids is 1. The van der Waals surface area contributed by atoms with Crippen molar-refractivity contribution in [2.24, 2.45) is 0 Å². The van der Waals surface area contributed by atoms with E-state index in [2.05, 4.69) is 10.2 Å². The van der Waals surface area contributed by atoms with Gasteiger partial charge >= 0.3 is 0 Å². The predicted molar refractivity (Wildman–Crippen MR) is 94.1 cm³/mol. The van der Waals surface area contributed by atoms with Gasteiger partial charge in [-0.15, -0.1) is 0 Å². The number of β-amino-alcohol motifs (C(OH)–C–C–N with tert-alkyl or cyclic N) is 1. The molecule has 0 aromatic heterocycles. The summed E-state index contributed by atoms with van der Waals surface area (Å²) in [6.45, 7) is 4.83. The Bertz CT molecular complexity index is 476. The van der Waals surface area contributed by atoms with Gasteiger partial charge in [0.1, 0.15) is 18.5 Å². The maximum Gasteiger partial charge on any atom is 0.222 e. The van der Waals surface area contributed by atoms with Crippen molar-refractivity contribution in [2.45, 2.75) is 18.9 Å². The molecule has 1 amide bonds. The van der Waals surface area contributed by atoms with Crippen molar-refractivity contribution in [1.29, 1.82) is 0 Å². The summed E-state index contributed by atoms with van der Waals surface area (Å²) >= 11 is 0. The summed E-state index contributed by atoms with van der Waals surface area (Å²) in [7, 11) is 1.90. The van der Waals surface area contributed by atoms with Crippen LogP contribution in [0.25, 0.3) is 0 Å². The number of nitrogens with one attached hydrogen (secondary N) is 1. The van der Waals surface area contributed by atoms with Crippen LogP contribution in [0.1, 0.15) is 12.8 Å². The number of aliphatic hydroxyl groups excluding tert-OH is 1. The van der Waals surface area contributed by atoms with Crippen LogP contribution < -0.4 is 10.1 Å². The zero-order chi connectivity index (χ0) is 17.2. The normalized spacial score (nSPS) is 16.8. The highest BCUT2D eigenvalue weighted by molar-refractivity contribution is 5.76. The number of amides is 1. The second kappa shape index (κ2) is 10.3. The Hall–Kier alpha value is -1.63.